The van der Waals surface area contributed by atoms with Crippen molar-refractivity contribution in [1.29, 1.82) is 0 Å². The van der Waals surface area contributed by atoms with E-state index in [-0.39, 0.29) is 39.6 Å². The molecular weight excluding hydrogens is 530 g/mol. The number of carbonyl (C=O) groups is 2. The van der Waals surface area contributed by atoms with Crippen molar-refractivity contribution in [1.82, 2.24) is 5.32 Å². The first-order chi connectivity index (χ1) is 16.8. The van der Waals surface area contributed by atoms with E-state index in [0.717, 1.165) is 4.47 Å². The van der Waals surface area contributed by atoms with Crippen molar-refractivity contribution < 1.29 is 28.2 Å². The monoisotopic (exact) mass is 559 g/mol. The van der Waals surface area contributed by atoms with Crippen LogP contribution >= 0.6 is 15.9 Å². The van der Waals surface area contributed by atoms with E-state index >= 15 is 0 Å². The molecule has 0 aliphatic carbocycles. The first-order valence-corrected chi connectivity index (χ1v) is 12.3. The van der Waals surface area contributed by atoms with Crippen LogP contribution in [0.5, 0.6) is 17.2 Å². The maximum absolute atomic E-state index is 13.1. The fourth-order valence-corrected chi connectivity index (χ4v) is 3.66. The summed E-state index contributed by atoms with van der Waals surface area (Å²) in [6, 6.07) is 10.6. The van der Waals surface area contributed by atoms with Gasteiger partial charge in [0.1, 0.15) is 34.5 Å². The minimum Gasteiger partial charge on any atom is -0.457 e. The van der Waals surface area contributed by atoms with Crippen LogP contribution < -0.4 is 20.2 Å². The van der Waals surface area contributed by atoms with Crippen molar-refractivity contribution in [2.75, 3.05) is 0 Å². The summed E-state index contributed by atoms with van der Waals surface area (Å²) in [4.78, 5) is 38.2. The van der Waals surface area contributed by atoms with Crippen LogP contribution in [0, 0.1) is 12.8 Å². The van der Waals surface area contributed by atoms with E-state index < -0.39 is 23.7 Å². The molecule has 8 nitrogen and oxygen atoms in total. The van der Waals surface area contributed by atoms with Crippen LogP contribution in [-0.2, 0) is 9.53 Å². The van der Waals surface area contributed by atoms with E-state index in [1.54, 1.807) is 52.0 Å². The quantitative estimate of drug-likeness (QED) is 0.260. The van der Waals surface area contributed by atoms with E-state index in [4.69, 9.17) is 18.6 Å². The average molecular weight is 560 g/mol. The first kappa shape index (κ1) is 27.3. The van der Waals surface area contributed by atoms with E-state index in [2.05, 4.69) is 21.2 Å². The van der Waals surface area contributed by atoms with E-state index in [1.165, 1.54) is 18.2 Å². The molecule has 2 aromatic carbocycles. The van der Waals surface area contributed by atoms with Gasteiger partial charge in [0, 0.05) is 10.5 Å². The predicted octanol–water partition coefficient (Wildman–Crippen LogP) is 6.50. The Morgan fingerprint density at radius 3 is 2.31 bits per heavy atom. The number of nitrogens with one attached hydrogen (secondary N) is 1. The number of carbonyl (C=O) groups excluding carboxylic acids is 2. The van der Waals surface area contributed by atoms with Crippen LogP contribution in [0.3, 0.4) is 0 Å². The van der Waals surface area contributed by atoms with Gasteiger partial charge in [-0.3, -0.25) is 4.79 Å². The maximum Gasteiger partial charge on any atom is 0.408 e. The molecule has 1 unspecified atom stereocenters. The molecule has 9 heteroatoms. The lowest BCUT2D eigenvalue weighted by Gasteiger charge is -2.23. The van der Waals surface area contributed by atoms with Gasteiger partial charge in [0.05, 0.1) is 5.39 Å². The first-order valence-electron chi connectivity index (χ1n) is 11.5. The molecule has 3 aromatic rings. The van der Waals surface area contributed by atoms with Gasteiger partial charge in [0.25, 0.3) is 0 Å². The Morgan fingerprint density at radius 1 is 1.06 bits per heavy atom. The number of ether oxygens (including phenoxy) is 3. The van der Waals surface area contributed by atoms with E-state index in [0.29, 0.717) is 12.2 Å². The molecule has 0 radical (unpaired) electrons. The Kier molecular flexibility index (Phi) is 8.45. The van der Waals surface area contributed by atoms with Gasteiger partial charge < -0.3 is 23.9 Å². The Hall–Kier alpha value is -3.33. The second kappa shape index (κ2) is 11.2. The Morgan fingerprint density at radius 2 is 1.69 bits per heavy atom. The fourth-order valence-electron chi connectivity index (χ4n) is 3.39. The van der Waals surface area contributed by atoms with Gasteiger partial charge in [0.2, 0.25) is 11.2 Å². The second-order valence-electron chi connectivity index (χ2n) is 9.78. The van der Waals surface area contributed by atoms with Crippen LogP contribution in [-0.4, -0.2) is 23.7 Å². The highest BCUT2D eigenvalue weighted by Crippen LogP contribution is 2.28. The third kappa shape index (κ3) is 7.34. The molecule has 36 heavy (non-hydrogen) atoms. The molecule has 1 heterocycles. The maximum atomic E-state index is 13.1. The molecule has 3 rings (SSSR count). The molecule has 0 aliphatic rings. The molecule has 0 aliphatic heterocycles. The molecule has 0 saturated heterocycles. The number of halogens is 1. The van der Waals surface area contributed by atoms with E-state index in [1.807, 2.05) is 13.8 Å². The third-order valence-corrected chi connectivity index (χ3v) is 5.45. The van der Waals surface area contributed by atoms with Gasteiger partial charge in [-0.05, 0) is 76.4 Å². The predicted molar refractivity (Wildman–Crippen MR) is 140 cm³/mol. The number of alkyl carbamates (subject to hydrolysis) is 1. The van der Waals surface area contributed by atoms with Crippen LogP contribution in [0.1, 0.15) is 46.8 Å². The van der Waals surface area contributed by atoms with Gasteiger partial charge in [-0.2, -0.15) is 0 Å². The zero-order chi connectivity index (χ0) is 26.6. The highest BCUT2D eigenvalue weighted by atomic mass is 79.9. The lowest BCUT2D eigenvalue weighted by atomic mass is 10.0. The van der Waals surface area contributed by atoms with Crippen molar-refractivity contribution in [3.8, 4) is 17.2 Å². The summed E-state index contributed by atoms with van der Waals surface area (Å²) in [6.45, 7) is 10.7. The van der Waals surface area contributed by atoms with Crippen LogP contribution in [0.15, 0.2) is 56.1 Å². The average Bonchev–Trinajstić information content (AvgIpc) is 2.75. The summed E-state index contributed by atoms with van der Waals surface area (Å²) in [7, 11) is 0. The Balaban J connectivity index is 1.82. The standard InChI is InChI=1S/C27H30BrNO7/c1-15(2)13-21(29-26(32)36-27(4,5)6)25(31)35-19-11-12-20-22(14-19)33-16(3)24(23(20)30)34-18-9-7-17(28)8-10-18/h7-12,14-15,21H,13H2,1-6H3,(H,29,32). The number of esters is 1. The zero-order valence-corrected chi connectivity index (χ0v) is 22.7. The van der Waals surface area contributed by atoms with E-state index in [9.17, 15) is 14.4 Å². The van der Waals surface area contributed by atoms with Crippen molar-refractivity contribution in [2.45, 2.75) is 59.6 Å². The highest BCUT2D eigenvalue weighted by Gasteiger charge is 2.27. The van der Waals surface area contributed by atoms with Crippen LogP contribution in [0.2, 0.25) is 0 Å². The molecule has 0 spiro atoms. The minimum absolute atomic E-state index is 0.0770. The van der Waals surface area contributed by atoms with Crippen molar-refractivity contribution in [3.05, 3.63) is 62.9 Å². The number of benzene rings is 2. The number of amides is 1. The molecule has 0 saturated carbocycles. The summed E-state index contributed by atoms with van der Waals surface area (Å²) < 4.78 is 23.3. The molecular formula is C27H30BrNO7. The Labute approximate surface area is 218 Å². The molecule has 1 amide bonds. The molecule has 0 bridgehead atoms. The summed E-state index contributed by atoms with van der Waals surface area (Å²) in [5.41, 5.74) is -0.811. The lowest BCUT2D eigenvalue weighted by Crippen LogP contribution is -2.45. The van der Waals surface area contributed by atoms with Crippen molar-refractivity contribution in [3.63, 3.8) is 0 Å². The molecule has 0 fully saturated rings. The topological polar surface area (TPSA) is 104 Å². The number of hydrogen-bond donors (Lipinski definition) is 1. The minimum atomic E-state index is -0.911. The number of rotatable bonds is 7. The number of fused-ring (bicyclic) bond motifs is 1. The number of hydrogen-bond acceptors (Lipinski definition) is 7. The SMILES string of the molecule is Cc1oc2cc(OC(=O)C(CC(C)C)NC(=O)OC(C)(C)C)ccc2c(=O)c1Oc1ccc(Br)cc1. The molecule has 1 N–H and O–H groups in total. The highest BCUT2D eigenvalue weighted by molar-refractivity contribution is 9.10. The number of aryl methyl sites for hydroxylation is 1. The lowest BCUT2D eigenvalue weighted by molar-refractivity contribution is -0.137. The smallest absolute Gasteiger partial charge is 0.408 e. The largest absolute Gasteiger partial charge is 0.457 e. The van der Waals surface area contributed by atoms with Gasteiger partial charge >= 0.3 is 12.1 Å². The van der Waals surface area contributed by atoms with Crippen molar-refractivity contribution in [2.24, 2.45) is 5.92 Å². The van der Waals surface area contributed by atoms with Gasteiger partial charge in [-0.1, -0.05) is 29.8 Å². The summed E-state index contributed by atoms with van der Waals surface area (Å²) in [5.74, 6) is 0.488. The summed E-state index contributed by atoms with van der Waals surface area (Å²) in [6.07, 6.45) is -0.347. The third-order valence-electron chi connectivity index (χ3n) is 4.92. The molecule has 1 aromatic heterocycles. The summed E-state index contributed by atoms with van der Waals surface area (Å²) >= 11 is 3.36. The Bertz CT molecular complexity index is 1310. The second-order valence-corrected chi connectivity index (χ2v) is 10.7. The zero-order valence-electron chi connectivity index (χ0n) is 21.1. The normalized spacial score (nSPS) is 12.3. The summed E-state index contributed by atoms with van der Waals surface area (Å²) in [5, 5.41) is 2.86. The fraction of sp³-hybridized carbons (Fsp3) is 0.370. The van der Waals surface area contributed by atoms with Gasteiger partial charge in [-0.15, -0.1) is 0 Å². The van der Waals surface area contributed by atoms with Crippen molar-refractivity contribution >= 4 is 39.0 Å². The van der Waals surface area contributed by atoms with Gasteiger partial charge in [-0.25, -0.2) is 9.59 Å². The van der Waals surface area contributed by atoms with Crippen LogP contribution in [0.25, 0.3) is 11.0 Å². The van der Waals surface area contributed by atoms with Crippen LogP contribution in [0.4, 0.5) is 4.79 Å². The molecule has 1 atom stereocenters. The molecule has 192 valence electrons. The van der Waals surface area contributed by atoms with Gasteiger partial charge in [0.15, 0.2) is 0 Å².